The van der Waals surface area contributed by atoms with Crippen LogP contribution in [0.4, 0.5) is 0 Å². The van der Waals surface area contributed by atoms with Crippen molar-refractivity contribution in [3.63, 3.8) is 0 Å². The van der Waals surface area contributed by atoms with Crippen LogP contribution in [0.5, 0.6) is 0 Å². The zero-order chi connectivity index (χ0) is 17.4. The summed E-state index contributed by atoms with van der Waals surface area (Å²) in [6, 6.07) is 20.8. The van der Waals surface area contributed by atoms with Gasteiger partial charge in [0.05, 0.1) is 5.56 Å². The number of carbonyl (C=O) groups is 1. The molecule has 1 aliphatic carbocycles. The highest BCUT2D eigenvalue weighted by Crippen LogP contribution is 2.35. The number of benzene rings is 2. The maximum absolute atomic E-state index is 11.8. The standard InChI is InChI=1S/C22H22N2O/c1-15-20(22(23)25)13-21(24(15)14-16-7-8-16)19-11-9-18(10-12-19)17-5-3-2-4-6-17/h2-6,9-13,16H,7-8,14H2,1H3,(H2,23,25). The minimum absolute atomic E-state index is 0.353. The molecule has 0 saturated heterocycles. The lowest BCUT2D eigenvalue weighted by Crippen LogP contribution is -2.12. The Balaban J connectivity index is 1.73. The Kier molecular flexibility index (Phi) is 3.92. The normalized spacial score (nSPS) is 13.8. The molecule has 3 nitrogen and oxygen atoms in total. The van der Waals surface area contributed by atoms with Gasteiger partial charge in [-0.3, -0.25) is 4.79 Å². The fourth-order valence-electron chi connectivity index (χ4n) is 3.39. The summed E-state index contributed by atoms with van der Waals surface area (Å²) in [6.45, 7) is 2.96. The topological polar surface area (TPSA) is 48.0 Å². The molecular weight excluding hydrogens is 308 g/mol. The quantitative estimate of drug-likeness (QED) is 0.728. The van der Waals surface area contributed by atoms with Gasteiger partial charge in [0.2, 0.25) is 0 Å². The molecule has 4 rings (SSSR count). The van der Waals surface area contributed by atoms with Crippen molar-refractivity contribution in [2.24, 2.45) is 11.7 Å². The summed E-state index contributed by atoms with van der Waals surface area (Å²) in [5.74, 6) is 0.378. The maximum Gasteiger partial charge on any atom is 0.250 e. The van der Waals surface area contributed by atoms with Gasteiger partial charge in [-0.2, -0.15) is 0 Å². The van der Waals surface area contributed by atoms with Crippen LogP contribution < -0.4 is 5.73 Å². The molecule has 1 aromatic heterocycles. The van der Waals surface area contributed by atoms with Crippen LogP contribution in [-0.4, -0.2) is 10.5 Å². The van der Waals surface area contributed by atoms with Gasteiger partial charge in [0.25, 0.3) is 5.91 Å². The SMILES string of the molecule is Cc1c(C(N)=O)cc(-c2ccc(-c3ccccc3)cc2)n1CC1CC1. The minimum Gasteiger partial charge on any atom is -0.366 e. The molecule has 25 heavy (non-hydrogen) atoms. The first-order chi connectivity index (χ1) is 12.1. The van der Waals surface area contributed by atoms with Crippen molar-refractivity contribution >= 4 is 5.91 Å². The van der Waals surface area contributed by atoms with Crippen molar-refractivity contribution < 1.29 is 4.79 Å². The number of hydrogen-bond acceptors (Lipinski definition) is 1. The van der Waals surface area contributed by atoms with Crippen LogP contribution in [0.15, 0.2) is 60.7 Å². The highest BCUT2D eigenvalue weighted by molar-refractivity contribution is 5.95. The first-order valence-corrected chi connectivity index (χ1v) is 8.79. The molecule has 126 valence electrons. The lowest BCUT2D eigenvalue weighted by Gasteiger charge is -2.12. The van der Waals surface area contributed by atoms with E-state index in [1.165, 1.54) is 24.0 Å². The Hall–Kier alpha value is -2.81. The highest BCUT2D eigenvalue weighted by Gasteiger charge is 2.25. The van der Waals surface area contributed by atoms with Gasteiger partial charge in [0.1, 0.15) is 0 Å². The number of aromatic nitrogens is 1. The zero-order valence-electron chi connectivity index (χ0n) is 14.4. The lowest BCUT2D eigenvalue weighted by molar-refractivity contribution is 0.0999. The summed E-state index contributed by atoms with van der Waals surface area (Å²) in [6.07, 6.45) is 2.55. The van der Waals surface area contributed by atoms with E-state index < -0.39 is 0 Å². The smallest absolute Gasteiger partial charge is 0.250 e. The molecule has 1 saturated carbocycles. The molecule has 3 heteroatoms. The second kappa shape index (κ2) is 6.25. The van der Waals surface area contributed by atoms with Crippen molar-refractivity contribution in [3.05, 3.63) is 71.9 Å². The average molecular weight is 330 g/mol. The molecule has 2 aromatic carbocycles. The molecule has 0 spiro atoms. The van der Waals surface area contributed by atoms with Crippen LogP contribution in [0.3, 0.4) is 0 Å². The fraction of sp³-hybridized carbons (Fsp3) is 0.227. The van der Waals surface area contributed by atoms with E-state index in [2.05, 4.69) is 41.0 Å². The summed E-state index contributed by atoms with van der Waals surface area (Å²) < 4.78 is 2.26. The number of primary amides is 1. The van der Waals surface area contributed by atoms with Crippen LogP contribution in [0.2, 0.25) is 0 Å². The van der Waals surface area contributed by atoms with Gasteiger partial charge in [-0.25, -0.2) is 0 Å². The molecule has 0 bridgehead atoms. The molecule has 3 aromatic rings. The van der Waals surface area contributed by atoms with Crippen LogP contribution in [0, 0.1) is 12.8 Å². The summed E-state index contributed by atoms with van der Waals surface area (Å²) >= 11 is 0. The predicted octanol–water partition coefficient (Wildman–Crippen LogP) is 4.64. The van der Waals surface area contributed by atoms with Gasteiger partial charge in [-0.05, 0) is 48.4 Å². The van der Waals surface area contributed by atoms with Gasteiger partial charge in [0.15, 0.2) is 0 Å². The van der Waals surface area contributed by atoms with Gasteiger partial charge in [-0.15, -0.1) is 0 Å². The lowest BCUT2D eigenvalue weighted by atomic mass is 10.0. The van der Waals surface area contributed by atoms with E-state index in [0.717, 1.165) is 29.4 Å². The van der Waals surface area contributed by atoms with Gasteiger partial charge in [0, 0.05) is 17.9 Å². The average Bonchev–Trinajstić information content (AvgIpc) is 3.39. The Morgan fingerprint density at radius 1 is 1.00 bits per heavy atom. The molecule has 0 aliphatic heterocycles. The summed E-state index contributed by atoms with van der Waals surface area (Å²) in [5.41, 5.74) is 11.8. The molecular formula is C22H22N2O. The molecule has 1 amide bonds. The van der Waals surface area contributed by atoms with Crippen LogP contribution in [0.25, 0.3) is 22.4 Å². The Morgan fingerprint density at radius 3 is 2.20 bits per heavy atom. The van der Waals surface area contributed by atoms with Crippen molar-refractivity contribution in [1.82, 2.24) is 4.57 Å². The second-order valence-corrected chi connectivity index (χ2v) is 6.89. The Morgan fingerprint density at radius 2 is 1.60 bits per heavy atom. The maximum atomic E-state index is 11.8. The molecule has 1 heterocycles. The van der Waals surface area contributed by atoms with Gasteiger partial charge in [-0.1, -0.05) is 54.6 Å². The van der Waals surface area contributed by atoms with E-state index in [4.69, 9.17) is 5.73 Å². The minimum atomic E-state index is -0.353. The molecule has 0 unspecified atom stereocenters. The Labute approximate surface area is 148 Å². The number of amides is 1. The van der Waals surface area contributed by atoms with Gasteiger partial charge >= 0.3 is 0 Å². The molecule has 1 fully saturated rings. The number of hydrogen-bond donors (Lipinski definition) is 1. The first kappa shape index (κ1) is 15.7. The van der Waals surface area contributed by atoms with Crippen molar-refractivity contribution in [3.8, 4) is 22.4 Å². The first-order valence-electron chi connectivity index (χ1n) is 8.79. The molecule has 2 N–H and O–H groups in total. The van der Waals surface area contributed by atoms with Gasteiger partial charge < -0.3 is 10.3 Å². The van der Waals surface area contributed by atoms with Crippen LogP contribution in [-0.2, 0) is 6.54 Å². The van der Waals surface area contributed by atoms with Crippen molar-refractivity contribution in [2.75, 3.05) is 0 Å². The Bertz CT molecular complexity index is 903. The van der Waals surface area contributed by atoms with E-state index in [-0.39, 0.29) is 5.91 Å². The number of nitrogens with two attached hydrogens (primary N) is 1. The monoisotopic (exact) mass is 330 g/mol. The number of nitrogens with zero attached hydrogens (tertiary/aromatic N) is 1. The third kappa shape index (κ3) is 3.10. The van der Waals surface area contributed by atoms with Crippen LogP contribution in [0.1, 0.15) is 28.9 Å². The third-order valence-electron chi connectivity index (χ3n) is 5.06. The van der Waals surface area contributed by atoms with Crippen molar-refractivity contribution in [1.29, 1.82) is 0 Å². The zero-order valence-corrected chi connectivity index (χ0v) is 14.4. The fourth-order valence-corrected chi connectivity index (χ4v) is 3.39. The predicted molar refractivity (Wildman–Crippen MR) is 101 cm³/mol. The van der Waals surface area contributed by atoms with Crippen molar-refractivity contribution in [2.45, 2.75) is 26.3 Å². The van der Waals surface area contributed by atoms with E-state index in [1.54, 1.807) is 0 Å². The number of rotatable bonds is 5. The molecule has 1 aliphatic rings. The van der Waals surface area contributed by atoms with Crippen LogP contribution >= 0.6 is 0 Å². The van der Waals surface area contributed by atoms with E-state index >= 15 is 0 Å². The number of carbonyl (C=O) groups excluding carboxylic acids is 1. The molecule has 0 radical (unpaired) electrons. The largest absolute Gasteiger partial charge is 0.366 e. The summed E-state index contributed by atoms with van der Waals surface area (Å²) in [4.78, 5) is 11.8. The third-order valence-corrected chi connectivity index (χ3v) is 5.06. The highest BCUT2D eigenvalue weighted by atomic mass is 16.1. The summed E-state index contributed by atoms with van der Waals surface area (Å²) in [7, 11) is 0. The van der Waals surface area contributed by atoms with E-state index in [0.29, 0.717) is 5.56 Å². The summed E-state index contributed by atoms with van der Waals surface area (Å²) in [5, 5.41) is 0. The second-order valence-electron chi connectivity index (χ2n) is 6.89. The van der Waals surface area contributed by atoms with E-state index in [1.807, 2.05) is 31.2 Å². The molecule has 0 atom stereocenters. The van der Waals surface area contributed by atoms with E-state index in [9.17, 15) is 4.79 Å².